The molecule has 0 N–H and O–H groups in total. The van der Waals surface area contributed by atoms with E-state index >= 15 is 0 Å². The fraction of sp³-hybridized carbons (Fsp3) is 0.900. The summed E-state index contributed by atoms with van der Waals surface area (Å²) in [5.74, 6) is 0. The summed E-state index contributed by atoms with van der Waals surface area (Å²) in [6, 6.07) is 0. The minimum absolute atomic E-state index is 0. The van der Waals surface area contributed by atoms with Gasteiger partial charge in [-0.15, -0.1) is 0 Å². The van der Waals surface area contributed by atoms with Crippen LogP contribution < -0.4 is 0 Å². The Bertz CT molecular complexity index is 190. The standard InChI is InChI=1S/2C9H20N2.2CHO.Ru/c2*1-4-7-10-9(6-3)11-8-5-2;2*1-2;/h2*9H,4-8H2,1-3H3;2*1H;/q2*-2;2*-1;+6. The van der Waals surface area contributed by atoms with Crippen LogP contribution in [0.25, 0.3) is 21.3 Å². The van der Waals surface area contributed by atoms with E-state index in [0.717, 1.165) is 64.7 Å². The van der Waals surface area contributed by atoms with Crippen LogP contribution in [0.5, 0.6) is 0 Å². The van der Waals surface area contributed by atoms with Crippen LogP contribution in [0.4, 0.5) is 0 Å². The van der Waals surface area contributed by atoms with E-state index < -0.39 is 0 Å². The fourth-order valence-electron chi connectivity index (χ4n) is 1.74. The average molecular weight is 472 g/mol. The molecule has 0 saturated heterocycles. The van der Waals surface area contributed by atoms with E-state index in [9.17, 15) is 0 Å². The summed E-state index contributed by atoms with van der Waals surface area (Å²) in [6.45, 7) is 23.2. The molecule has 0 spiro atoms. The van der Waals surface area contributed by atoms with Crippen molar-refractivity contribution in [3.8, 4) is 0 Å². The molecule has 0 amide bonds. The maximum Gasteiger partial charge on any atom is 6.00 e. The summed E-state index contributed by atoms with van der Waals surface area (Å²) in [6.07, 6.45) is 7.21. The van der Waals surface area contributed by atoms with Crippen molar-refractivity contribution in [2.75, 3.05) is 26.2 Å². The van der Waals surface area contributed by atoms with Gasteiger partial charge in [0, 0.05) is 0 Å². The Balaban J connectivity index is -0.0000000975. The Labute approximate surface area is 182 Å². The normalized spacial score (nSPS) is 9.19. The molecule has 7 heteroatoms. The summed E-state index contributed by atoms with van der Waals surface area (Å²) in [5, 5.41) is 17.7. The second-order valence-corrected chi connectivity index (χ2v) is 5.40. The van der Waals surface area contributed by atoms with Gasteiger partial charge in [-0.3, -0.25) is 13.6 Å². The molecule has 0 aromatic rings. The second kappa shape index (κ2) is 40.5. The van der Waals surface area contributed by atoms with E-state index in [-0.39, 0.29) is 31.8 Å². The molecule has 0 fully saturated rings. The van der Waals surface area contributed by atoms with E-state index in [4.69, 9.17) is 9.59 Å². The van der Waals surface area contributed by atoms with Crippen LogP contribution in [-0.2, 0) is 29.1 Å². The zero-order chi connectivity index (χ0) is 21.1. The Morgan fingerprint density at radius 3 is 0.815 bits per heavy atom. The molecule has 0 bridgehead atoms. The molecular formula is C20H42N4O2Ru. The summed E-state index contributed by atoms with van der Waals surface area (Å²) in [4.78, 5) is 15.5. The third kappa shape index (κ3) is 37.3. The van der Waals surface area contributed by atoms with Crippen LogP contribution in [0.15, 0.2) is 0 Å². The Kier molecular flexibility index (Phi) is 56.3. The van der Waals surface area contributed by atoms with Crippen molar-refractivity contribution < 1.29 is 29.1 Å². The molecule has 0 aromatic heterocycles. The molecule has 162 valence electrons. The molecular weight excluding hydrogens is 429 g/mol. The SMILES string of the molecule is CCC[N-]C(CC)[N-]CCC.CCC[N-]C(CC)[N-]CCC.[CH-]=O.[CH-]=O.[Ru+6]. The Hall–Kier alpha value is -0.197. The molecule has 0 atom stereocenters. The van der Waals surface area contributed by atoms with Crippen molar-refractivity contribution in [2.24, 2.45) is 0 Å². The third-order valence-electron chi connectivity index (χ3n) is 2.98. The Morgan fingerprint density at radius 2 is 0.704 bits per heavy atom. The maximum absolute atomic E-state index is 7.75. The molecule has 0 rings (SSSR count). The predicted molar refractivity (Wildman–Crippen MR) is 116 cm³/mol. The van der Waals surface area contributed by atoms with Crippen LogP contribution in [0.2, 0.25) is 0 Å². The average Bonchev–Trinajstić information content (AvgIpc) is 2.72. The zero-order valence-electron chi connectivity index (χ0n) is 18.3. The number of carbonyl (C=O) groups excluding carboxylic acids is 2. The molecule has 0 saturated carbocycles. The van der Waals surface area contributed by atoms with Crippen molar-refractivity contribution in [3.05, 3.63) is 21.3 Å². The van der Waals surface area contributed by atoms with Crippen molar-refractivity contribution in [2.45, 2.75) is 92.4 Å². The zero-order valence-corrected chi connectivity index (χ0v) is 20.1. The van der Waals surface area contributed by atoms with Gasteiger partial charge in [-0.1, -0.05) is 80.1 Å². The number of hydrogen-bond acceptors (Lipinski definition) is 2. The minimum Gasteiger partial charge on any atom is -0.678 e. The van der Waals surface area contributed by atoms with E-state index in [1.54, 1.807) is 0 Å². The van der Waals surface area contributed by atoms with Crippen molar-refractivity contribution in [1.82, 2.24) is 0 Å². The van der Waals surface area contributed by atoms with E-state index in [1.807, 2.05) is 0 Å². The van der Waals surface area contributed by atoms with Crippen LogP contribution in [0, 0.1) is 0 Å². The van der Waals surface area contributed by atoms with Crippen LogP contribution in [-0.4, -0.2) is 52.1 Å². The second-order valence-electron chi connectivity index (χ2n) is 5.40. The third-order valence-corrected chi connectivity index (χ3v) is 2.98. The van der Waals surface area contributed by atoms with Gasteiger partial charge < -0.3 is 30.9 Å². The topological polar surface area (TPSA) is 90.5 Å². The smallest absolute Gasteiger partial charge is 0.678 e. The molecule has 0 aliphatic carbocycles. The van der Waals surface area contributed by atoms with Gasteiger partial charge in [0.1, 0.15) is 0 Å². The molecule has 0 heterocycles. The summed E-state index contributed by atoms with van der Waals surface area (Å²) in [5.41, 5.74) is 0. The first-order valence-electron chi connectivity index (χ1n) is 9.83. The number of hydrogen-bond donors (Lipinski definition) is 0. The molecule has 6 nitrogen and oxygen atoms in total. The maximum atomic E-state index is 7.75. The van der Waals surface area contributed by atoms with Gasteiger partial charge in [0.15, 0.2) is 0 Å². The van der Waals surface area contributed by atoms with Gasteiger partial charge in [-0.05, 0) is 0 Å². The first-order chi connectivity index (χ1) is 12.7. The van der Waals surface area contributed by atoms with Gasteiger partial charge in [0.2, 0.25) is 0 Å². The molecule has 0 aliphatic rings. The van der Waals surface area contributed by atoms with E-state index in [0.29, 0.717) is 0 Å². The molecule has 0 aromatic carbocycles. The monoisotopic (exact) mass is 472 g/mol. The Morgan fingerprint density at radius 1 is 0.519 bits per heavy atom. The largest absolute Gasteiger partial charge is 6.00 e. The van der Waals surface area contributed by atoms with Crippen molar-refractivity contribution in [3.63, 3.8) is 0 Å². The predicted octanol–water partition coefficient (Wildman–Crippen LogP) is 6.03. The number of rotatable bonds is 14. The van der Waals surface area contributed by atoms with E-state index in [2.05, 4.69) is 76.4 Å². The first kappa shape index (κ1) is 37.5. The molecule has 0 unspecified atom stereocenters. The van der Waals surface area contributed by atoms with Gasteiger partial charge in [-0.25, -0.2) is 12.3 Å². The van der Waals surface area contributed by atoms with Crippen LogP contribution in [0.3, 0.4) is 0 Å². The van der Waals surface area contributed by atoms with Gasteiger partial charge in [0.25, 0.3) is 0 Å². The van der Waals surface area contributed by atoms with Gasteiger partial charge >= 0.3 is 19.5 Å². The number of nitrogens with zero attached hydrogens (tertiary/aromatic N) is 4. The van der Waals surface area contributed by atoms with Crippen molar-refractivity contribution in [1.29, 1.82) is 0 Å². The van der Waals surface area contributed by atoms with E-state index in [1.165, 1.54) is 0 Å². The summed E-state index contributed by atoms with van der Waals surface area (Å²) < 4.78 is 0. The van der Waals surface area contributed by atoms with Gasteiger partial charge in [0.05, 0.1) is 0 Å². The summed E-state index contributed by atoms with van der Waals surface area (Å²) in [7, 11) is 0. The first-order valence-corrected chi connectivity index (χ1v) is 9.83. The quantitative estimate of drug-likeness (QED) is 0.176. The van der Waals surface area contributed by atoms with Gasteiger partial charge in [-0.2, -0.15) is 26.2 Å². The molecule has 0 radical (unpaired) electrons. The van der Waals surface area contributed by atoms with Crippen molar-refractivity contribution >= 4 is 13.6 Å². The fourth-order valence-corrected chi connectivity index (χ4v) is 1.74. The van der Waals surface area contributed by atoms with Crippen LogP contribution >= 0.6 is 0 Å². The van der Waals surface area contributed by atoms with Crippen LogP contribution in [0.1, 0.15) is 80.1 Å². The molecule has 0 aliphatic heterocycles. The minimum atomic E-state index is 0. The molecule has 27 heavy (non-hydrogen) atoms. The summed E-state index contributed by atoms with van der Waals surface area (Å²) >= 11 is 0.